The van der Waals surface area contributed by atoms with Crippen molar-refractivity contribution in [2.24, 2.45) is 5.92 Å². The first-order valence-electron chi connectivity index (χ1n) is 3.70. The minimum Gasteiger partial charge on any atom is -0.312 e. The fourth-order valence-corrected chi connectivity index (χ4v) is 0.797. The Morgan fingerprint density at radius 2 is 2.30 bits per heavy atom. The molecular formula is C8H16BrN. The second kappa shape index (κ2) is 5.93. The molecule has 0 radical (unpaired) electrons. The molecule has 0 aliphatic heterocycles. The van der Waals surface area contributed by atoms with Crippen LogP contribution in [-0.4, -0.2) is 13.1 Å². The molecule has 0 aliphatic carbocycles. The van der Waals surface area contributed by atoms with Crippen molar-refractivity contribution in [1.82, 2.24) is 5.32 Å². The van der Waals surface area contributed by atoms with E-state index in [1.165, 1.54) is 6.42 Å². The molecule has 0 bridgehead atoms. The molecule has 0 aliphatic rings. The summed E-state index contributed by atoms with van der Waals surface area (Å²) in [6.07, 6.45) is 1.24. The van der Waals surface area contributed by atoms with Gasteiger partial charge in [0.25, 0.3) is 0 Å². The monoisotopic (exact) mass is 205 g/mol. The Morgan fingerprint density at radius 1 is 1.70 bits per heavy atom. The molecular weight excluding hydrogens is 190 g/mol. The SMILES string of the molecule is C=C(Br)CNCC(C)CC. The summed E-state index contributed by atoms with van der Waals surface area (Å²) in [7, 11) is 0. The maximum absolute atomic E-state index is 3.73. The van der Waals surface area contributed by atoms with Crippen LogP contribution in [0.3, 0.4) is 0 Å². The molecule has 0 saturated heterocycles. The van der Waals surface area contributed by atoms with E-state index in [4.69, 9.17) is 0 Å². The number of rotatable bonds is 5. The number of nitrogens with one attached hydrogen (secondary N) is 1. The van der Waals surface area contributed by atoms with Crippen molar-refractivity contribution in [1.29, 1.82) is 0 Å². The van der Waals surface area contributed by atoms with Crippen molar-refractivity contribution < 1.29 is 0 Å². The van der Waals surface area contributed by atoms with Crippen LogP contribution in [0.25, 0.3) is 0 Å². The average Bonchev–Trinajstić information content (AvgIpc) is 1.87. The third-order valence-electron chi connectivity index (χ3n) is 1.51. The summed E-state index contributed by atoms with van der Waals surface area (Å²) < 4.78 is 1.02. The van der Waals surface area contributed by atoms with Gasteiger partial charge in [0.05, 0.1) is 0 Å². The van der Waals surface area contributed by atoms with Crippen LogP contribution >= 0.6 is 15.9 Å². The van der Waals surface area contributed by atoms with Crippen LogP contribution in [0, 0.1) is 5.92 Å². The topological polar surface area (TPSA) is 12.0 Å². The van der Waals surface area contributed by atoms with Gasteiger partial charge in [-0.05, 0) is 12.5 Å². The predicted molar refractivity (Wildman–Crippen MR) is 50.4 cm³/mol. The first-order chi connectivity index (χ1) is 4.66. The van der Waals surface area contributed by atoms with Crippen LogP contribution in [0.5, 0.6) is 0 Å². The predicted octanol–water partition coefficient (Wildman–Crippen LogP) is 2.53. The highest BCUT2D eigenvalue weighted by Crippen LogP contribution is 2.00. The van der Waals surface area contributed by atoms with Gasteiger partial charge in [0.2, 0.25) is 0 Å². The third-order valence-corrected chi connectivity index (χ3v) is 1.79. The molecule has 0 rings (SSSR count). The minimum absolute atomic E-state index is 0.770. The lowest BCUT2D eigenvalue weighted by atomic mass is 10.1. The quantitative estimate of drug-likeness (QED) is 0.728. The summed E-state index contributed by atoms with van der Waals surface area (Å²) in [5, 5.41) is 3.29. The van der Waals surface area contributed by atoms with Crippen LogP contribution in [-0.2, 0) is 0 Å². The highest BCUT2D eigenvalue weighted by atomic mass is 79.9. The van der Waals surface area contributed by atoms with Crippen LogP contribution in [0.4, 0.5) is 0 Å². The molecule has 1 atom stereocenters. The molecule has 1 N–H and O–H groups in total. The molecule has 0 spiro atoms. The van der Waals surface area contributed by atoms with Crippen molar-refractivity contribution >= 4 is 15.9 Å². The lowest BCUT2D eigenvalue weighted by Gasteiger charge is -2.08. The van der Waals surface area contributed by atoms with E-state index in [0.29, 0.717) is 0 Å². The van der Waals surface area contributed by atoms with Crippen LogP contribution in [0.2, 0.25) is 0 Å². The maximum Gasteiger partial charge on any atom is 0.0265 e. The summed E-state index contributed by atoms with van der Waals surface area (Å²) in [5.41, 5.74) is 0. The van der Waals surface area contributed by atoms with E-state index < -0.39 is 0 Å². The normalized spacial score (nSPS) is 13.1. The van der Waals surface area contributed by atoms with E-state index in [9.17, 15) is 0 Å². The standard InChI is InChI=1S/C8H16BrN/c1-4-7(2)5-10-6-8(3)9/h7,10H,3-6H2,1-2H3. The van der Waals surface area contributed by atoms with Gasteiger partial charge in [-0.2, -0.15) is 0 Å². The first-order valence-corrected chi connectivity index (χ1v) is 4.50. The summed E-state index contributed by atoms with van der Waals surface area (Å²) in [5.74, 6) is 0.770. The molecule has 0 aromatic rings. The Labute approximate surface area is 72.0 Å². The van der Waals surface area contributed by atoms with Gasteiger partial charge < -0.3 is 5.32 Å². The van der Waals surface area contributed by atoms with Crippen LogP contribution < -0.4 is 5.32 Å². The molecule has 2 heteroatoms. The molecule has 1 nitrogen and oxygen atoms in total. The van der Waals surface area contributed by atoms with E-state index in [0.717, 1.165) is 23.5 Å². The molecule has 10 heavy (non-hydrogen) atoms. The summed E-state index contributed by atoms with van der Waals surface area (Å²) in [6, 6.07) is 0. The Hall–Kier alpha value is 0.180. The molecule has 0 aromatic carbocycles. The van der Waals surface area contributed by atoms with Gasteiger partial charge in [0.15, 0.2) is 0 Å². The zero-order valence-corrected chi connectivity index (χ0v) is 8.37. The number of hydrogen-bond acceptors (Lipinski definition) is 1. The van der Waals surface area contributed by atoms with E-state index in [2.05, 4.69) is 41.7 Å². The van der Waals surface area contributed by atoms with E-state index in [1.54, 1.807) is 0 Å². The van der Waals surface area contributed by atoms with Crippen molar-refractivity contribution in [3.8, 4) is 0 Å². The third kappa shape index (κ3) is 6.30. The Morgan fingerprint density at radius 3 is 2.70 bits per heavy atom. The molecule has 0 amide bonds. The highest BCUT2D eigenvalue weighted by molar-refractivity contribution is 9.11. The number of halogens is 1. The Balaban J connectivity index is 3.11. The summed E-state index contributed by atoms with van der Waals surface area (Å²) in [6.45, 7) is 10.1. The molecule has 0 heterocycles. The average molecular weight is 206 g/mol. The van der Waals surface area contributed by atoms with Gasteiger partial charge in [0.1, 0.15) is 0 Å². The van der Waals surface area contributed by atoms with Gasteiger partial charge >= 0.3 is 0 Å². The zero-order valence-electron chi connectivity index (χ0n) is 6.78. The molecule has 60 valence electrons. The van der Waals surface area contributed by atoms with E-state index in [-0.39, 0.29) is 0 Å². The van der Waals surface area contributed by atoms with Gasteiger partial charge in [-0.15, -0.1) is 0 Å². The Kier molecular flexibility index (Phi) is 6.03. The fraction of sp³-hybridized carbons (Fsp3) is 0.750. The summed E-state index contributed by atoms with van der Waals surface area (Å²) >= 11 is 3.29. The van der Waals surface area contributed by atoms with Crippen LogP contribution in [0.1, 0.15) is 20.3 Å². The summed E-state index contributed by atoms with van der Waals surface area (Å²) in [4.78, 5) is 0. The minimum atomic E-state index is 0.770. The molecule has 0 fully saturated rings. The second-order valence-corrected chi connectivity index (χ2v) is 3.78. The van der Waals surface area contributed by atoms with Crippen molar-refractivity contribution in [3.63, 3.8) is 0 Å². The number of hydrogen-bond donors (Lipinski definition) is 1. The second-order valence-electron chi connectivity index (χ2n) is 2.66. The lowest BCUT2D eigenvalue weighted by Crippen LogP contribution is -2.21. The van der Waals surface area contributed by atoms with Gasteiger partial charge in [-0.25, -0.2) is 0 Å². The molecule has 0 aromatic heterocycles. The molecule has 0 saturated carbocycles. The Bertz CT molecular complexity index is 101. The largest absolute Gasteiger partial charge is 0.312 e. The van der Waals surface area contributed by atoms with E-state index >= 15 is 0 Å². The highest BCUT2D eigenvalue weighted by Gasteiger charge is 1.96. The lowest BCUT2D eigenvalue weighted by molar-refractivity contribution is 0.516. The van der Waals surface area contributed by atoms with Gasteiger partial charge in [0, 0.05) is 11.0 Å². The van der Waals surface area contributed by atoms with E-state index in [1.807, 2.05) is 0 Å². The zero-order chi connectivity index (χ0) is 7.98. The molecule has 1 unspecified atom stereocenters. The van der Waals surface area contributed by atoms with Crippen molar-refractivity contribution in [2.45, 2.75) is 20.3 Å². The van der Waals surface area contributed by atoms with Crippen LogP contribution in [0.15, 0.2) is 11.1 Å². The van der Waals surface area contributed by atoms with Gasteiger partial charge in [-0.3, -0.25) is 0 Å². The van der Waals surface area contributed by atoms with Crippen molar-refractivity contribution in [3.05, 3.63) is 11.1 Å². The maximum atomic E-state index is 3.73. The smallest absolute Gasteiger partial charge is 0.0265 e. The van der Waals surface area contributed by atoms with Crippen molar-refractivity contribution in [2.75, 3.05) is 13.1 Å². The van der Waals surface area contributed by atoms with Gasteiger partial charge in [-0.1, -0.05) is 42.8 Å². The first kappa shape index (κ1) is 10.2. The fourth-order valence-electron chi connectivity index (χ4n) is 0.599.